The molecule has 0 fully saturated rings. The Balaban J connectivity index is 2.22. The van der Waals surface area contributed by atoms with Gasteiger partial charge < -0.3 is 0 Å². The van der Waals surface area contributed by atoms with E-state index in [4.69, 9.17) is 0 Å². The Labute approximate surface area is 195 Å². The minimum Gasteiger partial charge on any atom is -0.274 e. The zero-order valence-corrected chi connectivity index (χ0v) is 19.5. The van der Waals surface area contributed by atoms with Crippen molar-refractivity contribution < 1.29 is 17.4 Å². The van der Waals surface area contributed by atoms with Gasteiger partial charge in [0.15, 0.2) is 0 Å². The van der Waals surface area contributed by atoms with E-state index >= 15 is 0 Å². The second-order valence-corrected chi connectivity index (χ2v) is 10.6. The van der Waals surface area contributed by atoms with Crippen LogP contribution < -0.4 is 4.72 Å². The topological polar surface area (TPSA) is 41.5 Å². The molecule has 3 atom stereocenters. The lowest BCUT2D eigenvalue weighted by molar-refractivity contribution is -0.155. The third-order valence-corrected chi connectivity index (χ3v) is 6.54. The molecular formula is C26H27F3N2OS. The van der Waals surface area contributed by atoms with Crippen LogP contribution in [0.3, 0.4) is 0 Å². The smallest absolute Gasteiger partial charge is 0.274 e. The van der Waals surface area contributed by atoms with Gasteiger partial charge in [-0.1, -0.05) is 91.0 Å². The van der Waals surface area contributed by atoms with E-state index < -0.39 is 34.0 Å². The SMILES string of the molecule is CC(C)(C)S(=O)N[C@@H]([C@H](N=C(c1ccccc1)c1ccccc1)c1ccccc1)C(F)(F)F. The van der Waals surface area contributed by atoms with Crippen LogP contribution in [0, 0.1) is 0 Å². The second-order valence-electron chi connectivity index (χ2n) is 8.58. The summed E-state index contributed by atoms with van der Waals surface area (Å²) in [5.41, 5.74) is 2.20. The maximum Gasteiger partial charge on any atom is 0.407 e. The molecule has 0 aliphatic heterocycles. The van der Waals surface area contributed by atoms with Crippen molar-refractivity contribution in [2.45, 2.75) is 43.8 Å². The first kappa shape index (κ1) is 24.9. The molecular weight excluding hydrogens is 445 g/mol. The van der Waals surface area contributed by atoms with E-state index in [0.717, 1.165) is 0 Å². The van der Waals surface area contributed by atoms with Crippen LogP contribution in [0.2, 0.25) is 0 Å². The Bertz CT molecular complexity index is 1040. The van der Waals surface area contributed by atoms with E-state index in [1.54, 1.807) is 51.1 Å². The minimum atomic E-state index is -4.69. The molecule has 0 aliphatic rings. The molecule has 7 heteroatoms. The fraction of sp³-hybridized carbons (Fsp3) is 0.269. The van der Waals surface area contributed by atoms with Crippen LogP contribution in [0.25, 0.3) is 0 Å². The Hall–Kier alpha value is -2.77. The number of rotatable bonds is 7. The minimum absolute atomic E-state index is 0.377. The molecule has 3 rings (SSSR count). The van der Waals surface area contributed by atoms with E-state index in [9.17, 15) is 17.4 Å². The third-order valence-electron chi connectivity index (χ3n) is 4.96. The predicted molar refractivity (Wildman–Crippen MR) is 129 cm³/mol. The molecule has 1 unspecified atom stereocenters. The van der Waals surface area contributed by atoms with Gasteiger partial charge in [-0.05, 0) is 26.3 Å². The van der Waals surface area contributed by atoms with Gasteiger partial charge in [0.25, 0.3) is 0 Å². The molecule has 3 aromatic rings. The zero-order valence-electron chi connectivity index (χ0n) is 18.7. The summed E-state index contributed by atoms with van der Waals surface area (Å²) in [5.74, 6) is 0. The van der Waals surface area contributed by atoms with Gasteiger partial charge in [0, 0.05) is 11.1 Å². The molecule has 1 N–H and O–H groups in total. The molecule has 0 saturated carbocycles. The lowest BCUT2D eigenvalue weighted by Crippen LogP contribution is -2.50. The molecule has 0 saturated heterocycles. The molecule has 174 valence electrons. The quantitative estimate of drug-likeness (QED) is 0.406. The Kier molecular flexibility index (Phi) is 7.87. The lowest BCUT2D eigenvalue weighted by atomic mass is 9.97. The van der Waals surface area contributed by atoms with Crippen molar-refractivity contribution in [3.8, 4) is 0 Å². The van der Waals surface area contributed by atoms with E-state index in [2.05, 4.69) is 9.71 Å². The highest BCUT2D eigenvalue weighted by atomic mass is 32.2. The maximum atomic E-state index is 14.4. The van der Waals surface area contributed by atoms with Crippen LogP contribution in [-0.2, 0) is 11.0 Å². The van der Waals surface area contributed by atoms with E-state index in [0.29, 0.717) is 22.4 Å². The van der Waals surface area contributed by atoms with Crippen LogP contribution in [-0.4, -0.2) is 26.9 Å². The molecule has 33 heavy (non-hydrogen) atoms. The fourth-order valence-corrected chi connectivity index (χ4v) is 4.09. The van der Waals surface area contributed by atoms with Crippen molar-refractivity contribution in [3.05, 3.63) is 108 Å². The van der Waals surface area contributed by atoms with Crippen molar-refractivity contribution in [3.63, 3.8) is 0 Å². The number of hydrogen-bond donors (Lipinski definition) is 1. The van der Waals surface area contributed by atoms with Crippen molar-refractivity contribution in [2.75, 3.05) is 0 Å². The number of hydrogen-bond acceptors (Lipinski definition) is 2. The largest absolute Gasteiger partial charge is 0.407 e. The normalized spacial score (nSPS) is 14.8. The van der Waals surface area contributed by atoms with E-state index in [1.165, 1.54) is 0 Å². The van der Waals surface area contributed by atoms with Crippen molar-refractivity contribution in [1.29, 1.82) is 0 Å². The molecule has 3 nitrogen and oxygen atoms in total. The first-order chi connectivity index (χ1) is 15.6. The maximum absolute atomic E-state index is 14.4. The van der Waals surface area contributed by atoms with Gasteiger partial charge >= 0.3 is 6.18 Å². The van der Waals surface area contributed by atoms with Crippen LogP contribution in [0.15, 0.2) is 96.0 Å². The van der Waals surface area contributed by atoms with Gasteiger partial charge in [-0.3, -0.25) is 4.99 Å². The first-order valence-corrected chi connectivity index (χ1v) is 11.7. The van der Waals surface area contributed by atoms with Gasteiger partial charge in [-0.25, -0.2) is 8.93 Å². The molecule has 0 amide bonds. The summed E-state index contributed by atoms with van der Waals surface area (Å²) in [7, 11) is -1.95. The fourth-order valence-electron chi connectivity index (χ4n) is 3.24. The Morgan fingerprint density at radius 3 is 1.61 bits per heavy atom. The van der Waals surface area contributed by atoms with Crippen LogP contribution in [0.4, 0.5) is 13.2 Å². The Morgan fingerprint density at radius 1 is 0.788 bits per heavy atom. The van der Waals surface area contributed by atoms with Crippen molar-refractivity contribution in [1.82, 2.24) is 4.72 Å². The first-order valence-electron chi connectivity index (χ1n) is 10.6. The standard InChI is InChI=1S/C26H27F3N2OS/c1-25(2,3)33(32)31-24(26(27,28)29)23(21-17-11-6-12-18-21)30-22(19-13-7-4-8-14-19)20-15-9-5-10-16-20/h4-18,23-24,31H,1-3H3/t23-,24+,33?/m1/s1. The number of benzene rings is 3. The monoisotopic (exact) mass is 472 g/mol. The van der Waals surface area contributed by atoms with Crippen LogP contribution >= 0.6 is 0 Å². The van der Waals surface area contributed by atoms with Crippen molar-refractivity contribution in [2.24, 2.45) is 4.99 Å². The molecule has 0 radical (unpaired) electrons. The zero-order chi connectivity index (χ0) is 24.1. The average Bonchev–Trinajstić information content (AvgIpc) is 2.79. The number of nitrogens with zero attached hydrogens (tertiary/aromatic N) is 1. The van der Waals surface area contributed by atoms with Crippen LogP contribution in [0.5, 0.6) is 0 Å². The molecule has 0 spiro atoms. The Morgan fingerprint density at radius 2 is 1.21 bits per heavy atom. The number of halogens is 3. The molecule has 0 aromatic heterocycles. The average molecular weight is 473 g/mol. The molecule has 0 heterocycles. The van der Waals surface area contributed by atoms with E-state index in [-0.39, 0.29) is 0 Å². The molecule has 0 aliphatic carbocycles. The molecule has 0 bridgehead atoms. The van der Waals surface area contributed by atoms with E-state index in [1.807, 2.05) is 60.7 Å². The van der Waals surface area contributed by atoms with Gasteiger partial charge in [0.2, 0.25) is 0 Å². The highest BCUT2D eigenvalue weighted by Crippen LogP contribution is 2.35. The number of alkyl halides is 3. The van der Waals surface area contributed by atoms with Gasteiger partial charge in [-0.2, -0.15) is 13.2 Å². The highest BCUT2D eigenvalue weighted by molar-refractivity contribution is 7.84. The summed E-state index contributed by atoms with van der Waals surface area (Å²) in [4.78, 5) is 4.69. The number of aliphatic imine (C=N–C) groups is 1. The summed E-state index contributed by atoms with van der Waals surface area (Å²) < 4.78 is 57.4. The summed E-state index contributed by atoms with van der Waals surface area (Å²) in [6, 6.07) is 23.0. The third kappa shape index (κ3) is 6.62. The summed E-state index contributed by atoms with van der Waals surface area (Å²) in [5, 5.41) is 0. The lowest BCUT2D eigenvalue weighted by Gasteiger charge is -2.30. The van der Waals surface area contributed by atoms with Gasteiger partial charge in [-0.15, -0.1) is 0 Å². The van der Waals surface area contributed by atoms with Gasteiger partial charge in [0.1, 0.15) is 12.1 Å². The van der Waals surface area contributed by atoms with Gasteiger partial charge in [0.05, 0.1) is 21.4 Å². The summed E-state index contributed by atoms with van der Waals surface area (Å²) >= 11 is 0. The summed E-state index contributed by atoms with van der Waals surface area (Å²) in [6.45, 7) is 4.89. The molecule has 3 aromatic carbocycles. The van der Waals surface area contributed by atoms with Crippen LogP contribution in [0.1, 0.15) is 43.5 Å². The highest BCUT2D eigenvalue weighted by Gasteiger charge is 2.47. The van der Waals surface area contributed by atoms with Crippen molar-refractivity contribution >= 4 is 16.7 Å². The summed E-state index contributed by atoms with van der Waals surface area (Å²) in [6.07, 6.45) is -4.69. The second kappa shape index (κ2) is 10.4. The predicted octanol–water partition coefficient (Wildman–Crippen LogP) is 6.25. The number of nitrogens with one attached hydrogen (secondary N) is 1.